The summed E-state index contributed by atoms with van der Waals surface area (Å²) in [6, 6.07) is 3.60. The molecule has 0 saturated carbocycles. The number of carbonyl (C=O) groups excluding carboxylic acids is 1. The second-order valence-electron chi connectivity index (χ2n) is 3.79. The van der Waals surface area contributed by atoms with Gasteiger partial charge in [-0.3, -0.25) is 0 Å². The molecule has 1 N–H and O–H groups in total. The first kappa shape index (κ1) is 13.2. The van der Waals surface area contributed by atoms with Gasteiger partial charge >= 0.3 is 5.97 Å². The third kappa shape index (κ3) is 2.83. The van der Waals surface area contributed by atoms with E-state index in [0.29, 0.717) is 11.3 Å². The molecule has 1 aromatic rings. The molecule has 0 spiro atoms. The topological polar surface area (TPSA) is 46.5 Å². The first-order valence-corrected chi connectivity index (χ1v) is 6.38. The Balaban J connectivity index is 2.81. The van der Waals surface area contributed by atoms with Crippen LogP contribution in [0.15, 0.2) is 17.5 Å². The third-order valence-electron chi connectivity index (χ3n) is 2.59. The predicted molar refractivity (Wildman–Crippen MR) is 64.4 cm³/mol. The Labute approximate surface area is 100 Å². The summed E-state index contributed by atoms with van der Waals surface area (Å²) >= 11 is 1.38. The van der Waals surface area contributed by atoms with Crippen molar-refractivity contribution in [3.63, 3.8) is 0 Å². The zero-order chi connectivity index (χ0) is 12.0. The molecule has 0 aliphatic rings. The molecule has 90 valence electrons. The number of aliphatic hydroxyl groups is 1. The highest BCUT2D eigenvalue weighted by molar-refractivity contribution is 7.10. The monoisotopic (exact) mass is 242 g/mol. The van der Waals surface area contributed by atoms with Gasteiger partial charge in [-0.2, -0.15) is 0 Å². The van der Waals surface area contributed by atoms with Crippen LogP contribution >= 0.6 is 11.3 Å². The van der Waals surface area contributed by atoms with Gasteiger partial charge in [-0.15, -0.1) is 11.3 Å². The Hall–Kier alpha value is -0.870. The average Bonchev–Trinajstić information content (AvgIpc) is 2.82. The Bertz CT molecular complexity index is 321. The zero-order valence-electron chi connectivity index (χ0n) is 9.73. The van der Waals surface area contributed by atoms with Gasteiger partial charge in [0.25, 0.3) is 0 Å². The lowest BCUT2D eigenvalue weighted by molar-refractivity contribution is -0.164. The largest absolute Gasteiger partial charge is 0.467 e. The van der Waals surface area contributed by atoms with Crippen LogP contribution in [0.3, 0.4) is 0 Å². The minimum atomic E-state index is -1.46. The van der Waals surface area contributed by atoms with E-state index in [0.717, 1.165) is 19.3 Å². The molecule has 0 aliphatic carbocycles. The summed E-state index contributed by atoms with van der Waals surface area (Å²) < 4.78 is 4.69. The molecule has 0 bridgehead atoms. The molecule has 1 rings (SSSR count). The number of hydrogen-bond donors (Lipinski definition) is 1. The van der Waals surface area contributed by atoms with Gasteiger partial charge in [0.05, 0.1) is 7.11 Å². The zero-order valence-corrected chi connectivity index (χ0v) is 10.5. The Morgan fingerprint density at radius 3 is 2.81 bits per heavy atom. The van der Waals surface area contributed by atoms with Gasteiger partial charge in [0.15, 0.2) is 5.60 Å². The molecule has 0 saturated heterocycles. The van der Waals surface area contributed by atoms with Crippen molar-refractivity contribution in [3.8, 4) is 0 Å². The number of ether oxygens (including phenoxy) is 1. The highest BCUT2D eigenvalue weighted by Crippen LogP contribution is 2.32. The van der Waals surface area contributed by atoms with Crippen LogP contribution in [0.2, 0.25) is 0 Å². The summed E-state index contributed by atoms with van der Waals surface area (Å²) in [5, 5.41) is 12.3. The van der Waals surface area contributed by atoms with E-state index in [2.05, 4.69) is 11.7 Å². The van der Waals surface area contributed by atoms with Crippen molar-refractivity contribution < 1.29 is 14.6 Å². The van der Waals surface area contributed by atoms with Crippen LogP contribution < -0.4 is 0 Å². The summed E-state index contributed by atoms with van der Waals surface area (Å²) in [6.07, 6.45) is 3.31. The standard InChI is InChI=1S/C12H18O3S/c1-3-4-5-8-12(14,11(13)15-2)10-7-6-9-16-10/h6-7,9,14H,3-5,8H2,1-2H3. The molecule has 1 atom stereocenters. The molecule has 16 heavy (non-hydrogen) atoms. The SMILES string of the molecule is CCCCCC(O)(C(=O)OC)c1cccs1. The second kappa shape index (κ2) is 6.01. The van der Waals surface area contributed by atoms with Crippen LogP contribution in [0.25, 0.3) is 0 Å². The number of methoxy groups -OCH3 is 1. The summed E-state index contributed by atoms with van der Waals surface area (Å²) in [6.45, 7) is 2.09. The van der Waals surface area contributed by atoms with Crippen molar-refractivity contribution in [1.29, 1.82) is 0 Å². The molecule has 0 fully saturated rings. The van der Waals surface area contributed by atoms with Crippen molar-refractivity contribution in [2.75, 3.05) is 7.11 Å². The van der Waals surface area contributed by atoms with E-state index < -0.39 is 11.6 Å². The van der Waals surface area contributed by atoms with Crippen molar-refractivity contribution in [3.05, 3.63) is 22.4 Å². The molecule has 1 heterocycles. The molecule has 1 aromatic heterocycles. The molecule has 4 heteroatoms. The first-order chi connectivity index (χ1) is 7.65. The second-order valence-corrected chi connectivity index (χ2v) is 4.73. The smallest absolute Gasteiger partial charge is 0.343 e. The Kier molecular flexibility index (Phi) is 4.96. The van der Waals surface area contributed by atoms with Gasteiger partial charge in [0.1, 0.15) is 0 Å². The van der Waals surface area contributed by atoms with E-state index in [1.807, 2.05) is 11.4 Å². The summed E-state index contributed by atoms with van der Waals surface area (Å²) in [5.74, 6) is -0.564. The highest BCUT2D eigenvalue weighted by atomic mass is 32.1. The van der Waals surface area contributed by atoms with Crippen LogP contribution in [-0.2, 0) is 15.1 Å². The average molecular weight is 242 g/mol. The lowest BCUT2D eigenvalue weighted by Crippen LogP contribution is -2.36. The number of carbonyl (C=O) groups is 1. The van der Waals surface area contributed by atoms with Crippen LogP contribution in [0.5, 0.6) is 0 Å². The fourth-order valence-electron chi connectivity index (χ4n) is 1.64. The van der Waals surface area contributed by atoms with E-state index in [1.54, 1.807) is 6.07 Å². The fourth-order valence-corrected chi connectivity index (χ4v) is 2.48. The lowest BCUT2D eigenvalue weighted by atomic mass is 9.94. The van der Waals surface area contributed by atoms with E-state index >= 15 is 0 Å². The molecule has 0 radical (unpaired) electrons. The first-order valence-electron chi connectivity index (χ1n) is 5.50. The normalized spacial score (nSPS) is 14.4. The van der Waals surface area contributed by atoms with Gasteiger partial charge in [-0.25, -0.2) is 4.79 Å². The van der Waals surface area contributed by atoms with Crippen LogP contribution in [0.1, 0.15) is 37.5 Å². The van der Waals surface area contributed by atoms with Crippen LogP contribution in [0, 0.1) is 0 Å². The number of hydrogen-bond acceptors (Lipinski definition) is 4. The molecule has 0 amide bonds. The third-order valence-corrected chi connectivity index (χ3v) is 3.61. The minimum absolute atomic E-state index is 0.425. The maximum atomic E-state index is 11.7. The Morgan fingerprint density at radius 1 is 1.56 bits per heavy atom. The Morgan fingerprint density at radius 2 is 2.31 bits per heavy atom. The predicted octanol–water partition coefficient (Wildman–Crippen LogP) is 2.69. The quantitative estimate of drug-likeness (QED) is 0.616. The van der Waals surface area contributed by atoms with E-state index in [1.165, 1.54) is 18.4 Å². The summed E-state index contributed by atoms with van der Waals surface area (Å²) in [7, 11) is 1.31. The number of esters is 1. The summed E-state index contributed by atoms with van der Waals surface area (Å²) in [4.78, 5) is 12.3. The molecule has 0 aliphatic heterocycles. The van der Waals surface area contributed by atoms with Gasteiger partial charge in [-0.1, -0.05) is 25.8 Å². The van der Waals surface area contributed by atoms with Gasteiger partial charge in [0.2, 0.25) is 0 Å². The van der Waals surface area contributed by atoms with Crippen LogP contribution in [-0.4, -0.2) is 18.2 Å². The van der Waals surface area contributed by atoms with E-state index in [4.69, 9.17) is 0 Å². The molecule has 3 nitrogen and oxygen atoms in total. The molecular formula is C12H18O3S. The van der Waals surface area contributed by atoms with Gasteiger partial charge in [-0.05, 0) is 24.3 Å². The van der Waals surface area contributed by atoms with Gasteiger partial charge in [0, 0.05) is 4.88 Å². The minimum Gasteiger partial charge on any atom is -0.467 e. The maximum Gasteiger partial charge on any atom is 0.343 e. The van der Waals surface area contributed by atoms with Crippen molar-refractivity contribution in [2.45, 2.75) is 38.2 Å². The number of thiophene rings is 1. The fraction of sp³-hybridized carbons (Fsp3) is 0.583. The van der Waals surface area contributed by atoms with E-state index in [-0.39, 0.29) is 0 Å². The molecule has 0 aromatic carbocycles. The van der Waals surface area contributed by atoms with Crippen molar-refractivity contribution in [2.24, 2.45) is 0 Å². The van der Waals surface area contributed by atoms with Crippen LogP contribution in [0.4, 0.5) is 0 Å². The maximum absolute atomic E-state index is 11.7. The molecular weight excluding hydrogens is 224 g/mol. The number of unbranched alkanes of at least 4 members (excludes halogenated alkanes) is 2. The van der Waals surface area contributed by atoms with Gasteiger partial charge < -0.3 is 9.84 Å². The number of rotatable bonds is 6. The van der Waals surface area contributed by atoms with E-state index in [9.17, 15) is 9.90 Å². The van der Waals surface area contributed by atoms with Crippen molar-refractivity contribution in [1.82, 2.24) is 0 Å². The highest BCUT2D eigenvalue weighted by Gasteiger charge is 2.39. The molecule has 1 unspecified atom stereocenters. The lowest BCUT2D eigenvalue weighted by Gasteiger charge is -2.23. The summed E-state index contributed by atoms with van der Waals surface area (Å²) in [5.41, 5.74) is -1.46. The van der Waals surface area contributed by atoms with Crippen molar-refractivity contribution >= 4 is 17.3 Å².